The third-order valence-electron chi connectivity index (χ3n) is 13.7. The molecule has 4 aliphatic rings. The first-order valence-corrected chi connectivity index (χ1v) is 21.8. The van der Waals surface area contributed by atoms with Gasteiger partial charge in [0.2, 0.25) is 23.6 Å². The molecular weight excluding hydrogens is 820 g/mol. The predicted molar refractivity (Wildman–Crippen MR) is 239 cm³/mol. The largest absolute Gasteiger partial charge is 0.507 e. The van der Waals surface area contributed by atoms with Crippen LogP contribution < -0.4 is 9.80 Å². The van der Waals surface area contributed by atoms with Crippen LogP contribution in [0.15, 0.2) is 121 Å². The fraction of sp³-hybridized carbons (Fsp3) is 0.240. The lowest BCUT2D eigenvalue weighted by molar-refractivity contribution is -0.131. The van der Waals surface area contributed by atoms with E-state index in [4.69, 9.17) is 16.7 Å². The van der Waals surface area contributed by atoms with E-state index in [0.717, 1.165) is 26.1 Å². The Morgan fingerprint density at radius 1 is 0.919 bits per heavy atom. The van der Waals surface area contributed by atoms with Crippen LogP contribution in [0.4, 0.5) is 11.5 Å². The first-order valence-electron chi connectivity index (χ1n) is 20.6. The standard InChI is InChI=1S/C50H41ClN4O6S/c1-5-10-27-13-9-14-34(44(27)57)42-32-20-21-33-41(48(60)54(46(33)58)31-18-15-29(16-19-31)43(56)28-11-7-6-8-12-28)36(32)24-37-47(59)55(49(61)50(37,42)3)40-25-38(52-53(40)4)45-26(2)35-23-30(51)17-22-39(35)62-45/h5-9,11-20,22-23,25,33,36-37,41-42,57H,1,10,21,24H2,2-4H3/t33-,36+,37-,41-,42+,50+/m0/s1. The van der Waals surface area contributed by atoms with Crippen molar-refractivity contribution in [2.24, 2.45) is 36.1 Å². The minimum atomic E-state index is -1.38. The normalized spacial score (nSPS) is 24.3. The number of para-hydroxylation sites is 1. The molecule has 0 bridgehead atoms. The van der Waals surface area contributed by atoms with Crippen LogP contribution in [0.1, 0.15) is 58.3 Å². The molecule has 2 aliphatic carbocycles. The number of phenols is 1. The third-order valence-corrected chi connectivity index (χ3v) is 15.3. The average molecular weight is 861 g/mol. The van der Waals surface area contributed by atoms with Crippen molar-refractivity contribution in [1.82, 2.24) is 9.78 Å². The number of rotatable bonds is 8. The number of allylic oxidation sites excluding steroid dienone is 3. The molecule has 10 rings (SSSR count). The molecule has 6 aromatic rings. The molecule has 1 saturated carbocycles. The molecule has 0 radical (unpaired) electrons. The number of ketones is 1. The Hall–Kier alpha value is -6.43. The number of aromatic hydroxyl groups is 1. The summed E-state index contributed by atoms with van der Waals surface area (Å²) in [4.78, 5) is 76.0. The molecule has 3 fully saturated rings. The molecule has 4 aromatic carbocycles. The highest BCUT2D eigenvalue weighted by molar-refractivity contribution is 7.22. The summed E-state index contributed by atoms with van der Waals surface area (Å²) >= 11 is 7.90. The summed E-state index contributed by atoms with van der Waals surface area (Å²) in [6, 6.07) is 28.3. The Labute approximate surface area is 366 Å². The quantitative estimate of drug-likeness (QED) is 0.0918. The number of hydrogen-bond donors (Lipinski definition) is 1. The zero-order valence-electron chi connectivity index (χ0n) is 34.2. The first-order chi connectivity index (χ1) is 29.8. The number of thiophene rings is 1. The number of carbonyl (C=O) groups is 5. The Kier molecular flexibility index (Phi) is 9.35. The van der Waals surface area contributed by atoms with Gasteiger partial charge in [0.1, 0.15) is 17.3 Å². The van der Waals surface area contributed by atoms with Gasteiger partial charge in [0.15, 0.2) is 5.78 Å². The number of halogens is 1. The molecule has 0 spiro atoms. The summed E-state index contributed by atoms with van der Waals surface area (Å²) in [7, 11) is 1.71. The summed E-state index contributed by atoms with van der Waals surface area (Å²) in [6.45, 7) is 7.67. The molecule has 310 valence electrons. The van der Waals surface area contributed by atoms with E-state index in [-0.39, 0.29) is 30.3 Å². The van der Waals surface area contributed by atoms with Crippen LogP contribution in [-0.2, 0) is 32.6 Å². The van der Waals surface area contributed by atoms with Gasteiger partial charge in [-0.05, 0) is 98.0 Å². The molecule has 2 saturated heterocycles. The second-order valence-corrected chi connectivity index (χ2v) is 18.5. The lowest BCUT2D eigenvalue weighted by atomic mass is 9.51. The van der Waals surface area contributed by atoms with Crippen molar-refractivity contribution < 1.29 is 29.1 Å². The van der Waals surface area contributed by atoms with E-state index < -0.39 is 52.7 Å². The number of amides is 4. The smallest absolute Gasteiger partial charge is 0.242 e. The van der Waals surface area contributed by atoms with E-state index in [2.05, 4.69) is 6.58 Å². The fourth-order valence-electron chi connectivity index (χ4n) is 10.7. The fourth-order valence-corrected chi connectivity index (χ4v) is 12.0. The van der Waals surface area contributed by atoms with Gasteiger partial charge in [-0.15, -0.1) is 17.9 Å². The molecule has 4 heterocycles. The van der Waals surface area contributed by atoms with Crippen LogP contribution in [0.3, 0.4) is 0 Å². The minimum absolute atomic E-state index is 0.00324. The van der Waals surface area contributed by atoms with Crippen molar-refractivity contribution in [2.75, 3.05) is 9.80 Å². The maximum absolute atomic E-state index is 15.3. The Balaban J connectivity index is 1.04. The molecule has 10 nitrogen and oxygen atoms in total. The Bertz CT molecular complexity index is 2970. The minimum Gasteiger partial charge on any atom is -0.507 e. The Morgan fingerprint density at radius 2 is 1.66 bits per heavy atom. The highest BCUT2D eigenvalue weighted by atomic mass is 35.5. The van der Waals surface area contributed by atoms with E-state index in [1.54, 1.807) is 103 Å². The van der Waals surface area contributed by atoms with Crippen molar-refractivity contribution in [3.05, 3.63) is 154 Å². The number of anilines is 2. The zero-order valence-corrected chi connectivity index (χ0v) is 35.7. The molecular formula is C50H41ClN4O6S. The maximum Gasteiger partial charge on any atom is 0.242 e. The molecule has 2 aliphatic heterocycles. The van der Waals surface area contributed by atoms with Gasteiger partial charge in [-0.1, -0.05) is 77.9 Å². The molecule has 0 unspecified atom stereocenters. The number of aromatic nitrogens is 2. The van der Waals surface area contributed by atoms with Crippen molar-refractivity contribution in [1.29, 1.82) is 0 Å². The lowest BCUT2D eigenvalue weighted by Crippen LogP contribution is -2.49. The number of aryl methyl sites for hydroxylation is 2. The molecule has 2 aromatic heterocycles. The number of hydrogen-bond acceptors (Lipinski definition) is 8. The number of imide groups is 2. The lowest BCUT2D eigenvalue weighted by Gasteiger charge is -2.49. The summed E-state index contributed by atoms with van der Waals surface area (Å²) in [5.41, 5.74) is 3.38. The van der Waals surface area contributed by atoms with E-state index in [1.807, 2.05) is 43.3 Å². The molecule has 6 atom stereocenters. The second kappa shape index (κ2) is 14.6. The predicted octanol–water partition coefficient (Wildman–Crippen LogP) is 9.36. The molecule has 62 heavy (non-hydrogen) atoms. The summed E-state index contributed by atoms with van der Waals surface area (Å²) in [5.74, 6) is -5.28. The number of fused-ring (bicyclic) bond motifs is 5. The van der Waals surface area contributed by atoms with Crippen LogP contribution in [0.25, 0.3) is 20.7 Å². The van der Waals surface area contributed by atoms with Gasteiger partial charge in [-0.2, -0.15) is 5.10 Å². The highest BCUT2D eigenvalue weighted by Gasteiger charge is 2.68. The summed E-state index contributed by atoms with van der Waals surface area (Å²) in [6.07, 6.45) is 4.41. The van der Waals surface area contributed by atoms with Crippen molar-refractivity contribution in [3.63, 3.8) is 0 Å². The number of nitrogens with zero attached hydrogens (tertiary/aromatic N) is 4. The van der Waals surface area contributed by atoms with Crippen LogP contribution >= 0.6 is 22.9 Å². The van der Waals surface area contributed by atoms with Crippen LogP contribution in [0, 0.1) is 36.0 Å². The van der Waals surface area contributed by atoms with E-state index in [0.29, 0.717) is 50.9 Å². The van der Waals surface area contributed by atoms with Crippen LogP contribution in [0.5, 0.6) is 5.75 Å². The Morgan fingerprint density at radius 3 is 2.40 bits per heavy atom. The van der Waals surface area contributed by atoms with Gasteiger partial charge in [0.05, 0.1) is 33.7 Å². The maximum atomic E-state index is 15.3. The van der Waals surface area contributed by atoms with Gasteiger partial charge in [-0.3, -0.25) is 33.6 Å². The zero-order chi connectivity index (χ0) is 43.4. The van der Waals surface area contributed by atoms with E-state index in [9.17, 15) is 19.5 Å². The highest BCUT2D eigenvalue weighted by Crippen LogP contribution is 2.64. The van der Waals surface area contributed by atoms with E-state index >= 15 is 9.59 Å². The topological polar surface area (TPSA) is 130 Å². The van der Waals surface area contributed by atoms with Gasteiger partial charge in [-0.25, -0.2) is 4.90 Å². The summed E-state index contributed by atoms with van der Waals surface area (Å²) < 4.78 is 2.59. The van der Waals surface area contributed by atoms with Gasteiger partial charge >= 0.3 is 0 Å². The van der Waals surface area contributed by atoms with Crippen molar-refractivity contribution in [3.8, 4) is 16.3 Å². The number of benzene rings is 4. The molecule has 1 N–H and O–H groups in total. The number of phenolic OH excluding ortho intramolecular Hbond substituents is 1. The second-order valence-electron chi connectivity index (χ2n) is 17.0. The van der Waals surface area contributed by atoms with Gasteiger partial charge in [0, 0.05) is 45.4 Å². The van der Waals surface area contributed by atoms with Crippen molar-refractivity contribution >= 4 is 73.9 Å². The third kappa shape index (κ3) is 5.74. The van der Waals surface area contributed by atoms with Gasteiger partial charge < -0.3 is 5.11 Å². The monoisotopic (exact) mass is 860 g/mol. The van der Waals surface area contributed by atoms with Gasteiger partial charge in [0.25, 0.3) is 0 Å². The van der Waals surface area contributed by atoms with E-state index in [1.165, 1.54) is 9.80 Å². The molecule has 12 heteroatoms. The average Bonchev–Trinajstić information content (AvgIpc) is 3.94. The number of carbonyl (C=O) groups excluding carboxylic acids is 5. The molecule has 4 amide bonds. The van der Waals surface area contributed by atoms with Crippen molar-refractivity contribution in [2.45, 2.75) is 39.0 Å². The van der Waals surface area contributed by atoms with Crippen LogP contribution in [-0.4, -0.2) is 44.3 Å². The first kappa shape index (κ1) is 39.7. The SMILES string of the molecule is C=CCc1cccc([C@H]2C3=CC[C@@H]4C(=O)N(c5ccc(C(=O)c6ccccc6)cc5)C(=O)[C@@H]4[C@@H]3C[C@H]3C(=O)N(c4cc(-c5sc6ccc(Cl)cc6c5C)nn4C)C(=O)[C@@]23C)c1O. The van der Waals surface area contributed by atoms with Crippen LogP contribution in [0.2, 0.25) is 5.02 Å². The summed E-state index contributed by atoms with van der Waals surface area (Å²) in [5, 5.41) is 18.4.